The van der Waals surface area contributed by atoms with E-state index in [-0.39, 0.29) is 17.2 Å². The van der Waals surface area contributed by atoms with Crippen LogP contribution in [0.1, 0.15) is 25.0 Å². The molecule has 0 atom stereocenters. The summed E-state index contributed by atoms with van der Waals surface area (Å²) in [5.74, 6) is 0. The Hall–Kier alpha value is -1.11. The van der Waals surface area contributed by atoms with Crippen molar-refractivity contribution in [2.75, 3.05) is 19.5 Å². The predicted octanol–water partition coefficient (Wildman–Crippen LogP) is 1.59. The Morgan fingerprint density at radius 3 is 2.42 bits per heavy atom. The topological polar surface area (TPSA) is 81.4 Å². The maximum Gasteiger partial charge on any atom is 0.243 e. The van der Waals surface area contributed by atoms with Crippen LogP contribution in [0.15, 0.2) is 17.0 Å². The minimum atomic E-state index is -3.68. The van der Waals surface area contributed by atoms with Gasteiger partial charge >= 0.3 is 0 Å². The lowest BCUT2D eigenvalue weighted by molar-refractivity contribution is 0.141. The number of hydrogen-bond donors (Lipinski definition) is 2. The first-order valence-electron chi connectivity index (χ1n) is 5.99. The van der Waals surface area contributed by atoms with Gasteiger partial charge in [0, 0.05) is 7.11 Å². The van der Waals surface area contributed by atoms with E-state index in [0.29, 0.717) is 5.56 Å². The minimum absolute atomic E-state index is 0.150. The molecule has 0 aliphatic heterocycles. The number of nitrogens with two attached hydrogens (primary N) is 1. The van der Waals surface area contributed by atoms with Crippen LogP contribution in [-0.2, 0) is 14.8 Å². The third-order valence-corrected chi connectivity index (χ3v) is 4.79. The van der Waals surface area contributed by atoms with Crippen LogP contribution in [0.3, 0.4) is 0 Å². The van der Waals surface area contributed by atoms with Crippen molar-refractivity contribution in [3.8, 4) is 0 Å². The van der Waals surface area contributed by atoms with Crippen LogP contribution in [0.5, 0.6) is 0 Å². The highest BCUT2D eigenvalue weighted by Gasteiger charge is 2.29. The van der Waals surface area contributed by atoms with Gasteiger partial charge in [-0.2, -0.15) is 0 Å². The molecule has 0 amide bonds. The number of rotatable bonds is 5. The first-order valence-corrected chi connectivity index (χ1v) is 7.47. The molecule has 0 aliphatic carbocycles. The van der Waals surface area contributed by atoms with Crippen LogP contribution in [-0.4, -0.2) is 27.7 Å². The van der Waals surface area contributed by atoms with Gasteiger partial charge in [-0.25, -0.2) is 13.1 Å². The van der Waals surface area contributed by atoms with E-state index in [9.17, 15) is 8.42 Å². The van der Waals surface area contributed by atoms with E-state index in [0.717, 1.165) is 5.56 Å². The molecule has 0 fully saturated rings. The number of nitrogen functional groups attached to an aromatic ring is 1. The molecule has 0 aromatic heterocycles. The molecule has 0 radical (unpaired) electrons. The second-order valence-corrected chi connectivity index (χ2v) is 6.97. The molecule has 0 heterocycles. The summed E-state index contributed by atoms with van der Waals surface area (Å²) in [6.45, 7) is 7.40. The van der Waals surface area contributed by atoms with Crippen LogP contribution < -0.4 is 10.5 Å². The first kappa shape index (κ1) is 15.9. The van der Waals surface area contributed by atoms with E-state index >= 15 is 0 Å². The highest BCUT2D eigenvalue weighted by molar-refractivity contribution is 7.89. The van der Waals surface area contributed by atoms with Crippen molar-refractivity contribution in [1.82, 2.24) is 4.72 Å². The molecule has 1 aromatic carbocycles. The standard InChI is InChI=1S/C13H22N2O3S/c1-9-6-7-11(14)12(10(9)2)19(16,17)15-13(3,4)8-18-5/h6-7,15H,8,14H2,1-5H3. The number of sulfonamides is 1. The highest BCUT2D eigenvalue weighted by atomic mass is 32.2. The highest BCUT2D eigenvalue weighted by Crippen LogP contribution is 2.26. The zero-order valence-electron chi connectivity index (χ0n) is 12.1. The fourth-order valence-electron chi connectivity index (χ4n) is 1.97. The minimum Gasteiger partial charge on any atom is -0.398 e. The second-order valence-electron chi connectivity index (χ2n) is 5.35. The van der Waals surface area contributed by atoms with Crippen LogP contribution in [0.25, 0.3) is 0 Å². The van der Waals surface area contributed by atoms with Crippen molar-refractivity contribution >= 4 is 15.7 Å². The van der Waals surface area contributed by atoms with Crippen LogP contribution in [0.2, 0.25) is 0 Å². The van der Waals surface area contributed by atoms with Crippen molar-refractivity contribution in [3.05, 3.63) is 23.3 Å². The summed E-state index contributed by atoms with van der Waals surface area (Å²) >= 11 is 0. The third kappa shape index (κ3) is 3.68. The van der Waals surface area contributed by atoms with Crippen molar-refractivity contribution in [2.24, 2.45) is 0 Å². The molecule has 108 valence electrons. The smallest absolute Gasteiger partial charge is 0.243 e. The lowest BCUT2D eigenvalue weighted by atomic mass is 10.1. The van der Waals surface area contributed by atoms with Crippen molar-refractivity contribution in [2.45, 2.75) is 38.1 Å². The molecule has 0 saturated carbocycles. The fourth-order valence-corrected chi connectivity index (χ4v) is 3.80. The number of benzene rings is 1. The Morgan fingerprint density at radius 1 is 1.32 bits per heavy atom. The summed E-state index contributed by atoms with van der Waals surface area (Å²) in [5.41, 5.74) is 6.93. The lowest BCUT2D eigenvalue weighted by Crippen LogP contribution is -2.46. The Balaban J connectivity index is 3.26. The van der Waals surface area contributed by atoms with E-state index in [4.69, 9.17) is 10.5 Å². The fraction of sp³-hybridized carbons (Fsp3) is 0.538. The number of methoxy groups -OCH3 is 1. The molecular formula is C13H22N2O3S. The molecule has 0 unspecified atom stereocenters. The average Bonchev–Trinajstić information content (AvgIpc) is 2.21. The molecule has 3 N–H and O–H groups in total. The molecular weight excluding hydrogens is 264 g/mol. The van der Waals surface area contributed by atoms with Gasteiger partial charge in [-0.05, 0) is 44.9 Å². The van der Waals surface area contributed by atoms with Gasteiger partial charge in [0.05, 0.1) is 17.8 Å². The lowest BCUT2D eigenvalue weighted by Gasteiger charge is -2.26. The van der Waals surface area contributed by atoms with Crippen molar-refractivity contribution < 1.29 is 13.2 Å². The van der Waals surface area contributed by atoms with Gasteiger partial charge < -0.3 is 10.5 Å². The monoisotopic (exact) mass is 286 g/mol. The van der Waals surface area contributed by atoms with E-state index in [1.54, 1.807) is 26.8 Å². The summed E-state index contributed by atoms with van der Waals surface area (Å²) in [4.78, 5) is 0.150. The van der Waals surface area contributed by atoms with E-state index in [1.807, 2.05) is 13.0 Å². The van der Waals surface area contributed by atoms with Crippen LogP contribution in [0, 0.1) is 13.8 Å². The van der Waals surface area contributed by atoms with Gasteiger partial charge in [-0.3, -0.25) is 0 Å². The Morgan fingerprint density at radius 2 is 1.89 bits per heavy atom. The average molecular weight is 286 g/mol. The van der Waals surface area contributed by atoms with E-state index < -0.39 is 15.6 Å². The largest absolute Gasteiger partial charge is 0.398 e. The molecule has 1 aromatic rings. The summed E-state index contributed by atoms with van der Waals surface area (Å²) < 4.78 is 32.6. The molecule has 5 nitrogen and oxygen atoms in total. The van der Waals surface area contributed by atoms with Crippen LogP contribution >= 0.6 is 0 Å². The van der Waals surface area contributed by atoms with Gasteiger partial charge in [0.1, 0.15) is 4.90 Å². The number of hydrogen-bond acceptors (Lipinski definition) is 4. The van der Waals surface area contributed by atoms with E-state index in [1.165, 1.54) is 7.11 Å². The normalized spacial score (nSPS) is 12.7. The van der Waals surface area contributed by atoms with Gasteiger partial charge in [-0.15, -0.1) is 0 Å². The van der Waals surface area contributed by atoms with Gasteiger partial charge in [0.25, 0.3) is 0 Å². The maximum absolute atomic E-state index is 12.5. The van der Waals surface area contributed by atoms with Gasteiger partial charge in [0.15, 0.2) is 0 Å². The molecule has 19 heavy (non-hydrogen) atoms. The zero-order chi connectivity index (χ0) is 14.8. The van der Waals surface area contributed by atoms with Crippen LogP contribution in [0.4, 0.5) is 5.69 Å². The molecule has 0 saturated heterocycles. The Kier molecular flexibility index (Phi) is 4.60. The molecule has 0 aliphatic rings. The molecule has 1 rings (SSSR count). The third-order valence-electron chi connectivity index (χ3n) is 2.89. The summed E-state index contributed by atoms with van der Waals surface area (Å²) in [6, 6.07) is 3.42. The number of ether oxygens (including phenoxy) is 1. The second kappa shape index (κ2) is 5.48. The van der Waals surface area contributed by atoms with Gasteiger partial charge in [0.2, 0.25) is 10.0 Å². The number of anilines is 1. The van der Waals surface area contributed by atoms with E-state index in [2.05, 4.69) is 4.72 Å². The number of nitrogens with one attached hydrogen (secondary N) is 1. The molecule has 0 spiro atoms. The molecule has 6 heteroatoms. The quantitative estimate of drug-likeness (QED) is 0.805. The number of aryl methyl sites for hydroxylation is 1. The summed E-state index contributed by atoms with van der Waals surface area (Å²) in [6.07, 6.45) is 0. The van der Waals surface area contributed by atoms with Gasteiger partial charge in [-0.1, -0.05) is 6.07 Å². The Labute approximate surface area is 115 Å². The van der Waals surface area contributed by atoms with Crippen molar-refractivity contribution in [3.63, 3.8) is 0 Å². The summed E-state index contributed by atoms with van der Waals surface area (Å²) in [5, 5.41) is 0. The summed E-state index contributed by atoms with van der Waals surface area (Å²) in [7, 11) is -2.15. The maximum atomic E-state index is 12.5. The van der Waals surface area contributed by atoms with Crippen molar-refractivity contribution in [1.29, 1.82) is 0 Å². The SMILES string of the molecule is COCC(C)(C)NS(=O)(=O)c1c(N)ccc(C)c1C. The molecule has 0 bridgehead atoms. The first-order chi connectivity index (χ1) is 8.60. The Bertz CT molecular complexity index is 565. The predicted molar refractivity (Wildman–Crippen MR) is 76.6 cm³/mol. The zero-order valence-corrected chi connectivity index (χ0v) is 12.9.